The van der Waals surface area contributed by atoms with E-state index < -0.39 is 5.97 Å². The summed E-state index contributed by atoms with van der Waals surface area (Å²) in [6, 6.07) is 17.2. The van der Waals surface area contributed by atoms with Gasteiger partial charge in [-0.3, -0.25) is 4.79 Å². The van der Waals surface area contributed by atoms with Crippen LogP contribution in [-0.4, -0.2) is 31.6 Å². The maximum Gasteiger partial charge on any atom is 0.348 e. The molecule has 3 aromatic rings. The minimum absolute atomic E-state index is 0.308. The fourth-order valence-electron chi connectivity index (χ4n) is 2.40. The van der Waals surface area contributed by atoms with Gasteiger partial charge in [-0.1, -0.05) is 30.3 Å². The predicted molar refractivity (Wildman–Crippen MR) is 102 cm³/mol. The predicted octanol–water partition coefficient (Wildman–Crippen LogP) is 3.56. The molecule has 1 heterocycles. The Hall–Kier alpha value is -2.86. The van der Waals surface area contributed by atoms with Gasteiger partial charge in [0.05, 0.1) is 6.54 Å². The van der Waals surface area contributed by atoms with Crippen LogP contribution in [0, 0.1) is 6.92 Å². The van der Waals surface area contributed by atoms with E-state index in [-0.39, 0.29) is 12.5 Å². The number of esters is 1. The Bertz CT molecular complexity index is 886. The van der Waals surface area contributed by atoms with Crippen LogP contribution in [0.15, 0.2) is 54.6 Å². The second-order valence-corrected chi connectivity index (χ2v) is 6.82. The number of hydrogen-bond acceptors (Lipinski definition) is 5. The molecule has 0 bridgehead atoms. The molecule has 0 aliphatic carbocycles. The zero-order chi connectivity index (χ0) is 18.4. The molecule has 0 radical (unpaired) electrons. The number of thiophene rings is 1. The number of fused-ring (bicyclic) bond motifs is 1. The highest BCUT2D eigenvalue weighted by molar-refractivity contribution is 7.20. The average Bonchev–Trinajstić information content (AvgIpc) is 3.08. The van der Waals surface area contributed by atoms with E-state index in [0.29, 0.717) is 18.0 Å². The van der Waals surface area contributed by atoms with Crippen molar-refractivity contribution in [3.05, 3.63) is 65.0 Å². The van der Waals surface area contributed by atoms with Crippen molar-refractivity contribution in [2.75, 3.05) is 19.8 Å². The molecule has 5 nitrogen and oxygen atoms in total. The molecule has 1 N–H and O–H groups in total. The quantitative estimate of drug-likeness (QED) is 0.511. The van der Waals surface area contributed by atoms with Gasteiger partial charge in [0.25, 0.3) is 5.91 Å². The summed E-state index contributed by atoms with van der Waals surface area (Å²) in [7, 11) is 0. The van der Waals surface area contributed by atoms with Crippen LogP contribution >= 0.6 is 11.3 Å². The summed E-state index contributed by atoms with van der Waals surface area (Å²) in [4.78, 5) is 24.3. The number of nitrogens with one attached hydrogen (secondary N) is 1. The van der Waals surface area contributed by atoms with Gasteiger partial charge in [-0.15, -0.1) is 11.3 Å². The smallest absolute Gasteiger partial charge is 0.348 e. The molecule has 0 spiro atoms. The highest BCUT2D eigenvalue weighted by atomic mass is 32.1. The lowest BCUT2D eigenvalue weighted by Crippen LogP contribution is -2.32. The van der Waals surface area contributed by atoms with Crippen LogP contribution in [0.1, 0.15) is 15.2 Å². The monoisotopic (exact) mass is 369 g/mol. The third-order valence-electron chi connectivity index (χ3n) is 3.64. The standard InChI is InChI=1S/C20H19NO4S/c1-14-5-4-7-16(11-14)24-10-9-21-19(22)13-25-20(23)18-12-15-6-2-3-8-17(15)26-18/h2-8,11-12H,9-10,13H2,1H3,(H,21,22). The van der Waals surface area contributed by atoms with Gasteiger partial charge in [-0.2, -0.15) is 0 Å². The minimum Gasteiger partial charge on any atom is -0.492 e. The lowest BCUT2D eigenvalue weighted by molar-refractivity contribution is -0.124. The van der Waals surface area contributed by atoms with Crippen molar-refractivity contribution in [3.8, 4) is 5.75 Å². The first kappa shape index (κ1) is 17.9. The van der Waals surface area contributed by atoms with Crippen molar-refractivity contribution in [2.24, 2.45) is 0 Å². The SMILES string of the molecule is Cc1cccc(OCCNC(=O)COC(=O)c2cc3ccccc3s2)c1. The molecule has 3 rings (SSSR count). The Balaban J connectivity index is 1.39. The van der Waals surface area contributed by atoms with Gasteiger partial charge in [0.1, 0.15) is 17.2 Å². The molecule has 0 atom stereocenters. The first-order chi connectivity index (χ1) is 12.6. The average molecular weight is 369 g/mol. The fourth-order valence-corrected chi connectivity index (χ4v) is 3.36. The summed E-state index contributed by atoms with van der Waals surface area (Å²) in [6.07, 6.45) is 0. The van der Waals surface area contributed by atoms with Gasteiger partial charge in [0.2, 0.25) is 0 Å². The van der Waals surface area contributed by atoms with Crippen LogP contribution in [0.25, 0.3) is 10.1 Å². The van der Waals surface area contributed by atoms with Crippen LogP contribution in [0.4, 0.5) is 0 Å². The van der Waals surface area contributed by atoms with E-state index in [9.17, 15) is 9.59 Å². The second-order valence-electron chi connectivity index (χ2n) is 5.74. The van der Waals surface area contributed by atoms with Crippen LogP contribution in [0.3, 0.4) is 0 Å². The molecule has 0 saturated heterocycles. The Morgan fingerprint density at radius 1 is 1.08 bits per heavy atom. The van der Waals surface area contributed by atoms with Gasteiger partial charge in [-0.05, 0) is 42.1 Å². The van der Waals surface area contributed by atoms with Crippen LogP contribution in [0.2, 0.25) is 0 Å². The van der Waals surface area contributed by atoms with Crippen LogP contribution in [-0.2, 0) is 9.53 Å². The normalized spacial score (nSPS) is 10.5. The Morgan fingerprint density at radius 2 is 1.92 bits per heavy atom. The van der Waals surface area contributed by atoms with Crippen molar-refractivity contribution >= 4 is 33.3 Å². The molecule has 0 fully saturated rings. The molecule has 134 valence electrons. The summed E-state index contributed by atoms with van der Waals surface area (Å²) >= 11 is 1.35. The highest BCUT2D eigenvalue weighted by Gasteiger charge is 2.13. The lowest BCUT2D eigenvalue weighted by Gasteiger charge is -2.08. The molecule has 0 unspecified atom stereocenters. The van der Waals surface area contributed by atoms with Crippen molar-refractivity contribution in [1.29, 1.82) is 0 Å². The molecule has 26 heavy (non-hydrogen) atoms. The number of carbonyl (C=O) groups is 2. The summed E-state index contributed by atoms with van der Waals surface area (Å²) < 4.78 is 11.6. The van der Waals surface area contributed by atoms with Gasteiger partial charge in [-0.25, -0.2) is 4.79 Å². The molecule has 6 heteroatoms. The molecule has 0 aliphatic heterocycles. The maximum absolute atomic E-state index is 12.0. The fraction of sp³-hybridized carbons (Fsp3) is 0.200. The van der Waals surface area contributed by atoms with Gasteiger partial charge in [0.15, 0.2) is 6.61 Å². The topological polar surface area (TPSA) is 64.6 Å². The summed E-state index contributed by atoms with van der Waals surface area (Å²) in [5, 5.41) is 3.65. The van der Waals surface area contributed by atoms with E-state index in [1.54, 1.807) is 6.07 Å². The van der Waals surface area contributed by atoms with Gasteiger partial charge in [0, 0.05) is 4.70 Å². The van der Waals surface area contributed by atoms with Crippen molar-refractivity contribution < 1.29 is 19.1 Å². The van der Waals surface area contributed by atoms with E-state index in [1.165, 1.54) is 11.3 Å². The van der Waals surface area contributed by atoms with E-state index in [2.05, 4.69) is 5.32 Å². The molecule has 1 aromatic heterocycles. The molecule has 0 aliphatic rings. The highest BCUT2D eigenvalue weighted by Crippen LogP contribution is 2.25. The summed E-state index contributed by atoms with van der Waals surface area (Å²) in [5.41, 5.74) is 1.11. The van der Waals surface area contributed by atoms with Crippen LogP contribution < -0.4 is 10.1 Å². The summed E-state index contributed by atoms with van der Waals surface area (Å²) in [6.45, 7) is 2.36. The number of carbonyl (C=O) groups excluding carboxylic acids is 2. The van der Waals surface area contributed by atoms with E-state index >= 15 is 0 Å². The molecule has 0 saturated carbocycles. The number of hydrogen-bond donors (Lipinski definition) is 1. The molecule has 2 aromatic carbocycles. The Morgan fingerprint density at radius 3 is 2.73 bits per heavy atom. The molecular formula is C20H19NO4S. The minimum atomic E-state index is -0.489. The van der Waals surface area contributed by atoms with Crippen molar-refractivity contribution in [3.63, 3.8) is 0 Å². The van der Waals surface area contributed by atoms with Gasteiger partial charge >= 0.3 is 5.97 Å². The first-order valence-electron chi connectivity index (χ1n) is 8.24. The van der Waals surface area contributed by atoms with Crippen molar-refractivity contribution in [2.45, 2.75) is 6.92 Å². The summed E-state index contributed by atoms with van der Waals surface area (Å²) in [5.74, 6) is -0.0832. The number of ether oxygens (including phenoxy) is 2. The molecular weight excluding hydrogens is 350 g/mol. The van der Waals surface area contributed by atoms with E-state index in [4.69, 9.17) is 9.47 Å². The van der Waals surface area contributed by atoms with E-state index in [0.717, 1.165) is 21.4 Å². The first-order valence-corrected chi connectivity index (χ1v) is 9.05. The molecule has 1 amide bonds. The third kappa shape index (κ3) is 4.83. The van der Waals surface area contributed by atoms with Gasteiger partial charge < -0.3 is 14.8 Å². The lowest BCUT2D eigenvalue weighted by atomic mass is 10.2. The number of rotatable bonds is 7. The van der Waals surface area contributed by atoms with E-state index in [1.807, 2.05) is 55.5 Å². The Labute approximate surface area is 155 Å². The number of amides is 1. The Kier molecular flexibility index (Phi) is 5.86. The van der Waals surface area contributed by atoms with Crippen LogP contribution in [0.5, 0.6) is 5.75 Å². The number of benzene rings is 2. The second kappa shape index (κ2) is 8.49. The third-order valence-corrected chi connectivity index (χ3v) is 4.74. The largest absolute Gasteiger partial charge is 0.492 e. The maximum atomic E-state index is 12.0. The van der Waals surface area contributed by atoms with Crippen molar-refractivity contribution in [1.82, 2.24) is 5.32 Å². The zero-order valence-corrected chi connectivity index (χ0v) is 15.2. The zero-order valence-electron chi connectivity index (χ0n) is 14.4. The number of aryl methyl sites for hydroxylation is 1.